The van der Waals surface area contributed by atoms with E-state index in [4.69, 9.17) is 5.73 Å². The minimum atomic E-state index is 0.0831. The maximum absolute atomic E-state index is 6.14. The first-order valence-electron chi connectivity index (χ1n) is 8.99. The standard InChI is InChI=1S/C18H35N3/c1-4-6-7-8-9-10-11-12-13-14-18-20-16(3)15-21(18)17(19)5-2/h15,17H,4-14,19H2,1-3H3. The van der Waals surface area contributed by atoms with Gasteiger partial charge in [0.1, 0.15) is 5.82 Å². The van der Waals surface area contributed by atoms with Gasteiger partial charge in [-0.2, -0.15) is 0 Å². The third-order valence-corrected chi connectivity index (χ3v) is 4.21. The van der Waals surface area contributed by atoms with Crippen molar-refractivity contribution in [1.29, 1.82) is 0 Å². The van der Waals surface area contributed by atoms with E-state index in [1.807, 2.05) is 0 Å². The highest BCUT2D eigenvalue weighted by Gasteiger charge is 2.10. The van der Waals surface area contributed by atoms with Gasteiger partial charge in [0.05, 0.1) is 11.9 Å². The molecule has 21 heavy (non-hydrogen) atoms. The van der Waals surface area contributed by atoms with Gasteiger partial charge in [-0.15, -0.1) is 0 Å². The lowest BCUT2D eigenvalue weighted by molar-refractivity contribution is 0.478. The molecular formula is C18H35N3. The fraction of sp³-hybridized carbons (Fsp3) is 0.833. The SMILES string of the molecule is CCCCCCCCCCCc1nc(C)cn1C(N)CC. The summed E-state index contributed by atoms with van der Waals surface area (Å²) in [7, 11) is 0. The molecule has 1 unspecified atom stereocenters. The van der Waals surface area contributed by atoms with Gasteiger partial charge < -0.3 is 10.3 Å². The topological polar surface area (TPSA) is 43.8 Å². The van der Waals surface area contributed by atoms with E-state index in [1.54, 1.807) is 0 Å². The number of unbranched alkanes of at least 4 members (excludes halogenated alkanes) is 8. The van der Waals surface area contributed by atoms with Crippen molar-refractivity contribution in [1.82, 2.24) is 9.55 Å². The van der Waals surface area contributed by atoms with E-state index >= 15 is 0 Å². The number of aryl methyl sites for hydroxylation is 2. The van der Waals surface area contributed by atoms with E-state index in [1.165, 1.54) is 63.6 Å². The molecule has 122 valence electrons. The van der Waals surface area contributed by atoms with Gasteiger partial charge in [-0.1, -0.05) is 65.2 Å². The summed E-state index contributed by atoms with van der Waals surface area (Å²) in [5, 5.41) is 0. The summed E-state index contributed by atoms with van der Waals surface area (Å²) in [5.41, 5.74) is 7.23. The van der Waals surface area contributed by atoms with Crippen LogP contribution in [-0.4, -0.2) is 9.55 Å². The third kappa shape index (κ3) is 7.12. The van der Waals surface area contributed by atoms with Crippen LogP contribution in [0.5, 0.6) is 0 Å². The summed E-state index contributed by atoms with van der Waals surface area (Å²) in [6.07, 6.45) is 16.5. The molecule has 0 aliphatic heterocycles. The number of imidazole rings is 1. The lowest BCUT2D eigenvalue weighted by Crippen LogP contribution is -2.19. The van der Waals surface area contributed by atoms with Gasteiger partial charge >= 0.3 is 0 Å². The van der Waals surface area contributed by atoms with Gasteiger partial charge in [0.2, 0.25) is 0 Å². The summed E-state index contributed by atoms with van der Waals surface area (Å²) >= 11 is 0. The van der Waals surface area contributed by atoms with Crippen LogP contribution in [0.3, 0.4) is 0 Å². The maximum atomic E-state index is 6.14. The van der Waals surface area contributed by atoms with Crippen molar-refractivity contribution < 1.29 is 0 Å². The molecule has 0 aliphatic rings. The Bertz CT molecular complexity index is 371. The van der Waals surface area contributed by atoms with Crippen LogP contribution in [-0.2, 0) is 6.42 Å². The zero-order valence-corrected chi connectivity index (χ0v) is 14.4. The van der Waals surface area contributed by atoms with E-state index in [-0.39, 0.29) is 6.17 Å². The molecule has 0 aromatic carbocycles. The van der Waals surface area contributed by atoms with E-state index in [9.17, 15) is 0 Å². The van der Waals surface area contributed by atoms with Crippen molar-refractivity contribution >= 4 is 0 Å². The van der Waals surface area contributed by atoms with Crippen LogP contribution in [0.2, 0.25) is 0 Å². The van der Waals surface area contributed by atoms with Crippen LogP contribution in [0, 0.1) is 6.92 Å². The quantitative estimate of drug-likeness (QED) is 0.543. The smallest absolute Gasteiger partial charge is 0.110 e. The molecule has 1 heterocycles. The van der Waals surface area contributed by atoms with Gasteiger partial charge in [0, 0.05) is 12.6 Å². The Labute approximate surface area is 131 Å². The summed E-state index contributed by atoms with van der Waals surface area (Å²) in [5.74, 6) is 1.17. The molecule has 1 atom stereocenters. The van der Waals surface area contributed by atoms with E-state index in [0.29, 0.717) is 0 Å². The average Bonchev–Trinajstić information content (AvgIpc) is 2.85. The van der Waals surface area contributed by atoms with Crippen molar-refractivity contribution in [2.24, 2.45) is 5.73 Å². The average molecular weight is 293 g/mol. The van der Waals surface area contributed by atoms with Gasteiger partial charge in [0.15, 0.2) is 0 Å². The Hall–Kier alpha value is -0.830. The first-order chi connectivity index (χ1) is 10.2. The summed E-state index contributed by atoms with van der Waals surface area (Å²) in [6.45, 7) is 6.46. The molecule has 1 rings (SSSR count). The van der Waals surface area contributed by atoms with Crippen molar-refractivity contribution in [3.8, 4) is 0 Å². The fourth-order valence-electron chi connectivity index (χ4n) is 2.83. The second kappa shape index (κ2) is 10.8. The molecule has 1 aromatic rings. The number of aromatic nitrogens is 2. The first-order valence-corrected chi connectivity index (χ1v) is 8.99. The molecule has 2 N–H and O–H groups in total. The largest absolute Gasteiger partial charge is 0.319 e. The van der Waals surface area contributed by atoms with Crippen molar-refractivity contribution in [3.63, 3.8) is 0 Å². The van der Waals surface area contributed by atoms with Crippen LogP contribution >= 0.6 is 0 Å². The number of hydrogen-bond donors (Lipinski definition) is 1. The second-order valence-corrected chi connectivity index (χ2v) is 6.26. The van der Waals surface area contributed by atoms with Crippen molar-refractivity contribution in [3.05, 3.63) is 17.7 Å². The molecule has 0 aliphatic carbocycles. The molecule has 0 bridgehead atoms. The number of nitrogens with two attached hydrogens (primary N) is 1. The normalized spacial score (nSPS) is 12.8. The van der Waals surface area contributed by atoms with Gasteiger partial charge in [-0.05, 0) is 19.8 Å². The van der Waals surface area contributed by atoms with Crippen molar-refractivity contribution in [2.45, 2.75) is 97.6 Å². The minimum Gasteiger partial charge on any atom is -0.319 e. The number of nitrogens with zero attached hydrogens (tertiary/aromatic N) is 2. The Morgan fingerprint density at radius 3 is 2.14 bits per heavy atom. The molecule has 0 fully saturated rings. The van der Waals surface area contributed by atoms with Gasteiger partial charge in [-0.25, -0.2) is 4.98 Å². The van der Waals surface area contributed by atoms with Gasteiger partial charge in [-0.3, -0.25) is 0 Å². The lowest BCUT2D eigenvalue weighted by atomic mass is 10.1. The Morgan fingerprint density at radius 1 is 1.00 bits per heavy atom. The Balaban J connectivity index is 2.15. The molecular weight excluding hydrogens is 258 g/mol. The monoisotopic (exact) mass is 293 g/mol. The van der Waals surface area contributed by atoms with E-state index < -0.39 is 0 Å². The van der Waals surface area contributed by atoms with Crippen LogP contribution in [0.15, 0.2) is 6.20 Å². The fourth-order valence-corrected chi connectivity index (χ4v) is 2.83. The second-order valence-electron chi connectivity index (χ2n) is 6.26. The molecule has 0 saturated carbocycles. The molecule has 1 aromatic heterocycles. The first kappa shape index (κ1) is 18.2. The van der Waals surface area contributed by atoms with Crippen molar-refractivity contribution in [2.75, 3.05) is 0 Å². The van der Waals surface area contributed by atoms with E-state index in [2.05, 4.69) is 36.5 Å². The molecule has 3 nitrogen and oxygen atoms in total. The third-order valence-electron chi connectivity index (χ3n) is 4.21. The number of rotatable bonds is 12. The Morgan fingerprint density at radius 2 is 1.57 bits per heavy atom. The number of hydrogen-bond acceptors (Lipinski definition) is 2. The minimum absolute atomic E-state index is 0.0831. The highest BCUT2D eigenvalue weighted by atomic mass is 15.2. The molecule has 0 amide bonds. The lowest BCUT2D eigenvalue weighted by Gasteiger charge is -2.14. The molecule has 0 radical (unpaired) electrons. The molecule has 0 saturated heterocycles. The molecule has 3 heteroatoms. The van der Waals surface area contributed by atoms with Crippen LogP contribution in [0.25, 0.3) is 0 Å². The highest BCUT2D eigenvalue weighted by Crippen LogP contribution is 2.15. The zero-order valence-electron chi connectivity index (χ0n) is 14.4. The predicted molar refractivity (Wildman–Crippen MR) is 91.4 cm³/mol. The zero-order chi connectivity index (χ0) is 15.5. The predicted octanol–water partition coefficient (Wildman–Crippen LogP) is 5.13. The maximum Gasteiger partial charge on any atom is 0.110 e. The van der Waals surface area contributed by atoms with Crippen LogP contribution in [0.4, 0.5) is 0 Å². The summed E-state index contributed by atoms with van der Waals surface area (Å²) in [6, 6.07) is 0. The van der Waals surface area contributed by atoms with E-state index in [0.717, 1.165) is 18.5 Å². The molecule has 0 spiro atoms. The van der Waals surface area contributed by atoms with Gasteiger partial charge in [0.25, 0.3) is 0 Å². The summed E-state index contributed by atoms with van der Waals surface area (Å²) in [4.78, 5) is 4.63. The highest BCUT2D eigenvalue weighted by molar-refractivity contribution is 5.03. The van der Waals surface area contributed by atoms with Crippen LogP contribution in [0.1, 0.15) is 95.7 Å². The summed E-state index contributed by atoms with van der Waals surface area (Å²) < 4.78 is 2.17. The van der Waals surface area contributed by atoms with Crippen LogP contribution < -0.4 is 5.73 Å². The Kier molecular flexibility index (Phi) is 9.40.